The van der Waals surface area contributed by atoms with Crippen molar-refractivity contribution in [3.8, 4) is 11.3 Å². The van der Waals surface area contributed by atoms with Gasteiger partial charge in [0.25, 0.3) is 0 Å². The molecule has 31 heavy (non-hydrogen) atoms. The molecule has 2 N–H and O–H groups in total. The van der Waals surface area contributed by atoms with Crippen molar-refractivity contribution < 1.29 is 13.9 Å². The predicted octanol–water partition coefficient (Wildman–Crippen LogP) is 6.21. The lowest BCUT2D eigenvalue weighted by atomic mass is 10.0. The van der Waals surface area contributed by atoms with E-state index in [4.69, 9.17) is 9.72 Å². The number of ether oxygens (including phenoxy) is 1. The van der Waals surface area contributed by atoms with Crippen LogP contribution in [0, 0.1) is 5.82 Å². The van der Waals surface area contributed by atoms with Crippen LogP contribution in [0.25, 0.3) is 11.3 Å². The summed E-state index contributed by atoms with van der Waals surface area (Å²) in [6.45, 7) is 5.89. The van der Waals surface area contributed by atoms with Crippen LogP contribution in [-0.4, -0.2) is 16.7 Å². The van der Waals surface area contributed by atoms with E-state index in [2.05, 4.69) is 10.6 Å². The molecule has 162 valence electrons. The third-order valence-electron chi connectivity index (χ3n) is 4.92. The maximum Gasteiger partial charge on any atom is 0.407 e. The van der Waals surface area contributed by atoms with E-state index < -0.39 is 11.7 Å². The Kier molecular flexibility index (Phi) is 5.96. The lowest BCUT2D eigenvalue weighted by Gasteiger charge is -2.19. The highest BCUT2D eigenvalue weighted by Gasteiger charge is 2.20. The Labute approximate surface area is 185 Å². The van der Waals surface area contributed by atoms with Crippen molar-refractivity contribution in [3.05, 3.63) is 64.3 Å². The number of carbonyl (C=O) groups is 1. The minimum Gasteiger partial charge on any atom is -0.444 e. The molecule has 1 aliphatic rings. The summed E-state index contributed by atoms with van der Waals surface area (Å²) < 4.78 is 19.1. The molecular weight excluding hydrogens is 413 g/mol. The number of fused-ring (bicyclic) bond motifs is 3. The molecule has 0 saturated heterocycles. The van der Waals surface area contributed by atoms with Crippen molar-refractivity contribution >= 4 is 28.2 Å². The molecule has 1 amide bonds. The average Bonchev–Trinajstić information content (AvgIpc) is 3.02. The Bertz CT molecular complexity index is 1090. The minimum atomic E-state index is -0.518. The number of aryl methyl sites for hydroxylation is 2. The maximum atomic E-state index is 13.8. The van der Waals surface area contributed by atoms with Crippen LogP contribution in [0.5, 0.6) is 0 Å². The number of hydrogen-bond acceptors (Lipinski definition) is 5. The number of halogens is 1. The van der Waals surface area contributed by atoms with Crippen molar-refractivity contribution in [1.29, 1.82) is 0 Å². The van der Waals surface area contributed by atoms with Gasteiger partial charge in [0.05, 0.1) is 5.69 Å². The Balaban J connectivity index is 1.43. The van der Waals surface area contributed by atoms with Gasteiger partial charge in [-0.05, 0) is 75.4 Å². The normalized spacial score (nSPS) is 13.0. The average molecular weight is 440 g/mol. The Morgan fingerprint density at radius 3 is 2.68 bits per heavy atom. The Morgan fingerprint density at radius 1 is 1.16 bits per heavy atom. The summed E-state index contributed by atoms with van der Waals surface area (Å²) in [7, 11) is 0. The number of amides is 1. The van der Waals surface area contributed by atoms with Crippen molar-refractivity contribution in [2.24, 2.45) is 0 Å². The van der Waals surface area contributed by atoms with Crippen molar-refractivity contribution in [2.75, 3.05) is 5.32 Å². The molecule has 0 unspecified atom stereocenters. The maximum absolute atomic E-state index is 13.8. The second-order valence-electron chi connectivity index (χ2n) is 8.62. The number of nitrogens with one attached hydrogen (secondary N) is 2. The van der Waals surface area contributed by atoms with E-state index in [1.54, 1.807) is 17.4 Å². The van der Waals surface area contributed by atoms with E-state index in [1.807, 2.05) is 51.1 Å². The lowest BCUT2D eigenvalue weighted by Crippen LogP contribution is -2.32. The summed E-state index contributed by atoms with van der Waals surface area (Å²) in [5.41, 5.74) is 4.30. The molecule has 2 aromatic carbocycles. The lowest BCUT2D eigenvalue weighted by molar-refractivity contribution is 0.0523. The smallest absolute Gasteiger partial charge is 0.407 e. The van der Waals surface area contributed by atoms with Gasteiger partial charge in [-0.25, -0.2) is 14.2 Å². The molecule has 1 aliphatic carbocycles. The van der Waals surface area contributed by atoms with E-state index in [0.717, 1.165) is 52.5 Å². The topological polar surface area (TPSA) is 63.2 Å². The highest BCUT2D eigenvalue weighted by molar-refractivity contribution is 7.16. The molecule has 4 rings (SSSR count). The number of nitrogens with zero attached hydrogens (tertiary/aromatic N) is 1. The molecule has 0 atom stereocenters. The number of alkyl carbamates (subject to hydrolysis) is 1. The second kappa shape index (κ2) is 8.67. The number of anilines is 2. The van der Waals surface area contributed by atoms with Gasteiger partial charge in [0.2, 0.25) is 0 Å². The molecule has 0 spiro atoms. The zero-order valence-corrected chi connectivity index (χ0v) is 18.7. The first-order chi connectivity index (χ1) is 14.8. The molecule has 0 saturated carbocycles. The van der Waals surface area contributed by atoms with Gasteiger partial charge in [0.15, 0.2) is 5.13 Å². The van der Waals surface area contributed by atoms with E-state index in [9.17, 15) is 9.18 Å². The van der Waals surface area contributed by atoms with Crippen LogP contribution in [0.2, 0.25) is 0 Å². The summed E-state index contributed by atoms with van der Waals surface area (Å²) in [5.74, 6) is -0.232. The first-order valence-corrected chi connectivity index (χ1v) is 11.2. The molecule has 5 nitrogen and oxygen atoms in total. The molecule has 3 aromatic rings. The van der Waals surface area contributed by atoms with Crippen molar-refractivity contribution in [3.63, 3.8) is 0 Å². The molecule has 0 bridgehead atoms. The number of rotatable bonds is 4. The van der Waals surface area contributed by atoms with Gasteiger partial charge >= 0.3 is 6.09 Å². The number of carbonyl (C=O) groups excluding carboxylic acids is 1. The fourth-order valence-electron chi connectivity index (χ4n) is 3.53. The molecule has 0 aliphatic heterocycles. The van der Waals surface area contributed by atoms with Crippen LogP contribution < -0.4 is 10.6 Å². The van der Waals surface area contributed by atoms with E-state index in [1.165, 1.54) is 10.9 Å². The zero-order chi connectivity index (χ0) is 22.0. The first kappa shape index (κ1) is 21.3. The molecule has 1 aromatic heterocycles. The van der Waals surface area contributed by atoms with Gasteiger partial charge in [0, 0.05) is 22.7 Å². The van der Waals surface area contributed by atoms with Crippen LogP contribution in [0.1, 0.15) is 43.2 Å². The van der Waals surface area contributed by atoms with Gasteiger partial charge < -0.3 is 15.4 Å². The largest absolute Gasteiger partial charge is 0.444 e. The molecule has 7 heteroatoms. The standard InChI is InChI=1S/C24H26FN3O2S/c1-24(2,3)30-23(29)26-14-15-7-11-18(12-8-15)27-22-28-21-19-13-17(25)10-9-16(19)5-4-6-20(21)31-22/h7-13H,4-6,14H2,1-3H3,(H,26,29)(H,27,28). The third kappa shape index (κ3) is 5.41. The fourth-order valence-corrected chi connectivity index (χ4v) is 4.57. The van der Waals surface area contributed by atoms with Crippen LogP contribution in [0.4, 0.5) is 20.0 Å². The van der Waals surface area contributed by atoms with Crippen LogP contribution >= 0.6 is 11.3 Å². The highest BCUT2D eigenvalue weighted by Crippen LogP contribution is 2.38. The number of benzene rings is 2. The van der Waals surface area contributed by atoms with E-state index >= 15 is 0 Å². The summed E-state index contributed by atoms with van der Waals surface area (Å²) in [6, 6.07) is 12.8. The monoisotopic (exact) mass is 439 g/mol. The summed E-state index contributed by atoms with van der Waals surface area (Å²) in [6.07, 6.45) is 2.49. The second-order valence-corrected chi connectivity index (χ2v) is 9.71. The van der Waals surface area contributed by atoms with Gasteiger partial charge in [-0.1, -0.05) is 18.2 Å². The van der Waals surface area contributed by atoms with E-state index in [-0.39, 0.29) is 5.82 Å². The Morgan fingerprint density at radius 2 is 1.94 bits per heavy atom. The van der Waals surface area contributed by atoms with Crippen molar-refractivity contribution in [1.82, 2.24) is 10.3 Å². The predicted molar refractivity (Wildman–Crippen MR) is 122 cm³/mol. The summed E-state index contributed by atoms with van der Waals surface area (Å²) >= 11 is 1.62. The zero-order valence-electron chi connectivity index (χ0n) is 17.9. The quantitative estimate of drug-likeness (QED) is 0.508. The minimum absolute atomic E-state index is 0.232. The fraction of sp³-hybridized carbons (Fsp3) is 0.333. The Hall–Kier alpha value is -2.93. The summed E-state index contributed by atoms with van der Waals surface area (Å²) in [4.78, 5) is 17.8. The molecule has 0 fully saturated rings. The van der Waals surface area contributed by atoms with Gasteiger partial charge in [-0.15, -0.1) is 11.3 Å². The van der Waals surface area contributed by atoms with Crippen LogP contribution in [0.15, 0.2) is 42.5 Å². The molecule has 0 radical (unpaired) electrons. The van der Waals surface area contributed by atoms with E-state index in [0.29, 0.717) is 6.54 Å². The molecular formula is C24H26FN3O2S. The highest BCUT2D eigenvalue weighted by atomic mass is 32.1. The number of hydrogen-bond donors (Lipinski definition) is 2. The van der Waals surface area contributed by atoms with Crippen LogP contribution in [-0.2, 0) is 24.1 Å². The number of aromatic nitrogens is 1. The van der Waals surface area contributed by atoms with Gasteiger partial charge in [-0.2, -0.15) is 0 Å². The van der Waals surface area contributed by atoms with Crippen LogP contribution in [0.3, 0.4) is 0 Å². The third-order valence-corrected chi connectivity index (χ3v) is 5.95. The first-order valence-electron chi connectivity index (χ1n) is 10.4. The summed E-state index contributed by atoms with van der Waals surface area (Å²) in [5, 5.41) is 6.90. The SMILES string of the molecule is CC(C)(C)OC(=O)NCc1ccc(Nc2nc3c(s2)CCCc2ccc(F)cc2-3)cc1. The van der Waals surface area contributed by atoms with Crippen molar-refractivity contribution in [2.45, 2.75) is 52.2 Å². The van der Waals surface area contributed by atoms with Gasteiger partial charge in [-0.3, -0.25) is 0 Å². The van der Waals surface area contributed by atoms with Gasteiger partial charge in [0.1, 0.15) is 11.4 Å². The molecule has 1 heterocycles. The number of thiazole rings is 1.